The van der Waals surface area contributed by atoms with Crippen molar-refractivity contribution in [2.45, 2.75) is 81.9 Å². The molecule has 0 N–H and O–H groups in total. The van der Waals surface area contributed by atoms with Crippen molar-refractivity contribution in [2.75, 3.05) is 13.2 Å². The fraction of sp³-hybridized carbons (Fsp3) is 0.941. The van der Waals surface area contributed by atoms with Crippen molar-refractivity contribution >= 4 is 5.78 Å². The van der Waals surface area contributed by atoms with Gasteiger partial charge in [-0.1, -0.05) is 0 Å². The van der Waals surface area contributed by atoms with E-state index < -0.39 is 0 Å². The second-order valence-electron chi connectivity index (χ2n) is 7.44. The average Bonchev–Trinajstić information content (AvgIpc) is 3.05. The molecule has 3 nitrogen and oxygen atoms in total. The Kier molecular flexibility index (Phi) is 3.38. The fourth-order valence-electron chi connectivity index (χ4n) is 5.15. The lowest BCUT2D eigenvalue weighted by molar-refractivity contribution is -0.151. The van der Waals surface area contributed by atoms with Gasteiger partial charge >= 0.3 is 0 Å². The Morgan fingerprint density at radius 1 is 1.10 bits per heavy atom. The first-order chi connectivity index (χ1) is 9.77. The molecule has 3 unspecified atom stereocenters. The molecular formula is C17H27NO2. The molecule has 20 heavy (non-hydrogen) atoms. The Labute approximate surface area is 122 Å². The number of ether oxygens (including phenoxy) is 1. The molecule has 3 heteroatoms. The highest BCUT2D eigenvalue weighted by Gasteiger charge is 2.47. The molecule has 112 valence electrons. The van der Waals surface area contributed by atoms with Crippen LogP contribution in [0.4, 0.5) is 0 Å². The highest BCUT2D eigenvalue weighted by molar-refractivity contribution is 5.83. The first kappa shape index (κ1) is 13.3. The van der Waals surface area contributed by atoms with Gasteiger partial charge in [0.25, 0.3) is 0 Å². The number of hydrogen-bond donors (Lipinski definition) is 0. The summed E-state index contributed by atoms with van der Waals surface area (Å²) in [6.07, 6.45) is 11.9. The van der Waals surface area contributed by atoms with Gasteiger partial charge in [-0.3, -0.25) is 9.69 Å². The zero-order chi connectivity index (χ0) is 13.6. The third kappa shape index (κ3) is 2.14. The molecule has 2 aliphatic carbocycles. The Morgan fingerprint density at radius 2 is 2.00 bits per heavy atom. The van der Waals surface area contributed by atoms with E-state index in [1.165, 1.54) is 51.5 Å². The van der Waals surface area contributed by atoms with Crippen molar-refractivity contribution in [3.8, 4) is 0 Å². The predicted octanol–water partition coefficient (Wildman–Crippen LogP) is 2.92. The van der Waals surface area contributed by atoms with E-state index in [0.29, 0.717) is 23.8 Å². The quantitative estimate of drug-likeness (QED) is 0.777. The zero-order valence-corrected chi connectivity index (χ0v) is 12.5. The average molecular weight is 277 g/mol. The van der Waals surface area contributed by atoms with Crippen molar-refractivity contribution in [3.63, 3.8) is 0 Å². The number of nitrogens with zero attached hydrogens (tertiary/aromatic N) is 1. The van der Waals surface area contributed by atoms with E-state index in [1.807, 2.05) is 0 Å². The Bertz CT molecular complexity index is 390. The molecule has 2 saturated heterocycles. The van der Waals surface area contributed by atoms with E-state index in [1.54, 1.807) is 0 Å². The predicted molar refractivity (Wildman–Crippen MR) is 77.6 cm³/mol. The molecule has 0 aromatic carbocycles. The van der Waals surface area contributed by atoms with Crippen LogP contribution in [0.25, 0.3) is 0 Å². The second kappa shape index (κ2) is 5.10. The van der Waals surface area contributed by atoms with E-state index >= 15 is 0 Å². The summed E-state index contributed by atoms with van der Waals surface area (Å²) in [6, 6.07) is 1.25. The minimum Gasteiger partial charge on any atom is -0.375 e. The smallest absolute Gasteiger partial charge is 0.137 e. The Morgan fingerprint density at radius 3 is 2.70 bits per heavy atom. The molecule has 4 fully saturated rings. The van der Waals surface area contributed by atoms with Crippen molar-refractivity contribution in [1.29, 1.82) is 0 Å². The van der Waals surface area contributed by atoms with Gasteiger partial charge < -0.3 is 4.74 Å². The van der Waals surface area contributed by atoms with Crippen LogP contribution >= 0.6 is 0 Å². The molecule has 0 radical (unpaired) electrons. The van der Waals surface area contributed by atoms with Crippen LogP contribution in [0, 0.1) is 5.92 Å². The van der Waals surface area contributed by atoms with E-state index in [2.05, 4.69) is 4.90 Å². The molecule has 1 spiro atoms. The lowest BCUT2D eigenvalue weighted by Crippen LogP contribution is -2.54. The van der Waals surface area contributed by atoms with Crippen LogP contribution in [0.15, 0.2) is 0 Å². The summed E-state index contributed by atoms with van der Waals surface area (Å²) < 4.78 is 6.08. The number of Topliss-reactive ketones (excluding diaryl/α,β-unsaturated/α-hetero) is 1. The van der Waals surface area contributed by atoms with Crippen LogP contribution in [0.1, 0.15) is 64.2 Å². The molecule has 4 rings (SSSR count). The summed E-state index contributed by atoms with van der Waals surface area (Å²) in [5, 5.41) is 0. The molecule has 2 aliphatic heterocycles. The third-order valence-corrected chi connectivity index (χ3v) is 6.36. The largest absolute Gasteiger partial charge is 0.375 e. The van der Waals surface area contributed by atoms with Gasteiger partial charge in [0.05, 0.1) is 5.60 Å². The number of ketones is 1. The van der Waals surface area contributed by atoms with E-state index in [0.717, 1.165) is 25.9 Å². The Hall–Kier alpha value is -0.410. The van der Waals surface area contributed by atoms with Gasteiger partial charge in [0.2, 0.25) is 0 Å². The third-order valence-electron chi connectivity index (χ3n) is 6.36. The van der Waals surface area contributed by atoms with Crippen LogP contribution in [-0.2, 0) is 9.53 Å². The summed E-state index contributed by atoms with van der Waals surface area (Å²) in [7, 11) is 0. The molecule has 0 bridgehead atoms. The number of carbonyl (C=O) groups excluding carboxylic acids is 1. The highest BCUT2D eigenvalue weighted by atomic mass is 16.5. The van der Waals surface area contributed by atoms with E-state index in [-0.39, 0.29) is 5.60 Å². The van der Waals surface area contributed by atoms with Crippen molar-refractivity contribution < 1.29 is 9.53 Å². The number of likely N-dealkylation sites (tertiary alicyclic amines) is 1. The Balaban J connectivity index is 1.47. The summed E-state index contributed by atoms with van der Waals surface area (Å²) in [6.45, 7) is 2.15. The van der Waals surface area contributed by atoms with Crippen LogP contribution < -0.4 is 0 Å². The summed E-state index contributed by atoms with van der Waals surface area (Å²) in [5.41, 5.74) is 0.232. The first-order valence-corrected chi connectivity index (χ1v) is 8.70. The van der Waals surface area contributed by atoms with Gasteiger partial charge in [-0.15, -0.1) is 0 Å². The van der Waals surface area contributed by atoms with Crippen molar-refractivity contribution in [2.24, 2.45) is 5.92 Å². The summed E-state index contributed by atoms with van der Waals surface area (Å²) in [4.78, 5) is 14.9. The molecule has 4 aliphatic rings. The lowest BCUT2D eigenvalue weighted by atomic mass is 9.73. The first-order valence-electron chi connectivity index (χ1n) is 8.70. The maximum Gasteiger partial charge on any atom is 0.137 e. The van der Waals surface area contributed by atoms with Crippen LogP contribution in [0.5, 0.6) is 0 Å². The topological polar surface area (TPSA) is 29.5 Å². The second-order valence-corrected chi connectivity index (χ2v) is 7.44. The van der Waals surface area contributed by atoms with Gasteiger partial charge in [0, 0.05) is 31.0 Å². The van der Waals surface area contributed by atoms with Crippen LogP contribution in [-0.4, -0.2) is 41.5 Å². The number of carbonyl (C=O) groups is 1. The maximum absolute atomic E-state index is 12.1. The van der Waals surface area contributed by atoms with Crippen LogP contribution in [0.3, 0.4) is 0 Å². The normalized spacial score (nSPS) is 41.2. The maximum atomic E-state index is 12.1. The highest BCUT2D eigenvalue weighted by Crippen LogP contribution is 2.45. The molecule has 3 atom stereocenters. The monoisotopic (exact) mass is 277 g/mol. The van der Waals surface area contributed by atoms with Crippen molar-refractivity contribution in [3.05, 3.63) is 0 Å². The van der Waals surface area contributed by atoms with E-state index in [4.69, 9.17) is 4.74 Å². The summed E-state index contributed by atoms with van der Waals surface area (Å²) >= 11 is 0. The molecule has 0 aromatic rings. The van der Waals surface area contributed by atoms with Gasteiger partial charge in [-0.05, 0) is 64.3 Å². The number of rotatable bonds is 2. The van der Waals surface area contributed by atoms with Gasteiger partial charge in [-0.2, -0.15) is 0 Å². The van der Waals surface area contributed by atoms with E-state index in [9.17, 15) is 4.79 Å². The lowest BCUT2D eigenvalue weighted by Gasteiger charge is -2.50. The van der Waals surface area contributed by atoms with Crippen LogP contribution in [0.2, 0.25) is 0 Å². The number of hydrogen-bond acceptors (Lipinski definition) is 3. The van der Waals surface area contributed by atoms with Gasteiger partial charge in [-0.25, -0.2) is 0 Å². The fourth-order valence-corrected chi connectivity index (χ4v) is 5.15. The molecule has 2 heterocycles. The molecule has 2 saturated carbocycles. The molecular weight excluding hydrogens is 250 g/mol. The standard InChI is InChI=1S/C17H27NO2/c19-16-6-1-4-14(16)15-5-2-10-18(15)13-7-11-20-17(12-13)8-3-9-17/h13-15H,1-12H2. The minimum atomic E-state index is 0.232. The van der Waals surface area contributed by atoms with Gasteiger partial charge in [0.1, 0.15) is 5.78 Å². The SMILES string of the molecule is O=C1CCCC1C1CCCN1C1CCOC2(CCC2)C1. The van der Waals surface area contributed by atoms with Gasteiger partial charge in [0.15, 0.2) is 0 Å². The zero-order valence-electron chi connectivity index (χ0n) is 12.5. The van der Waals surface area contributed by atoms with Crippen molar-refractivity contribution in [1.82, 2.24) is 4.90 Å². The summed E-state index contributed by atoms with van der Waals surface area (Å²) in [5.74, 6) is 0.907. The molecule has 0 aromatic heterocycles. The molecule has 0 amide bonds. The minimum absolute atomic E-state index is 0.232.